The highest BCUT2D eigenvalue weighted by Crippen LogP contribution is 2.39. The van der Waals surface area contributed by atoms with E-state index in [1.54, 1.807) is 34.6 Å². The molecule has 2 aliphatic heterocycles. The minimum Gasteiger partial charge on any atom is -0.493 e. The largest absolute Gasteiger partial charge is 0.493 e. The van der Waals surface area contributed by atoms with E-state index in [1.165, 1.54) is 6.92 Å². The van der Waals surface area contributed by atoms with Crippen molar-refractivity contribution in [3.63, 3.8) is 0 Å². The summed E-state index contributed by atoms with van der Waals surface area (Å²) in [7, 11) is 3.74. The minimum atomic E-state index is -1.95. The zero-order valence-corrected chi connectivity index (χ0v) is 37.8. The van der Waals surface area contributed by atoms with E-state index >= 15 is 0 Å². The van der Waals surface area contributed by atoms with Crippen LogP contribution in [0, 0.1) is 29.6 Å². The molecular weight excluding hydrogens is 773 g/mol. The van der Waals surface area contributed by atoms with E-state index in [-0.39, 0.29) is 43.9 Å². The molecule has 4 N–H and O–H groups in total. The van der Waals surface area contributed by atoms with E-state index in [9.17, 15) is 30.0 Å². The summed E-state index contributed by atoms with van der Waals surface area (Å²) >= 11 is 0. The van der Waals surface area contributed by atoms with E-state index in [0.717, 1.165) is 37.9 Å². The first-order valence-corrected chi connectivity index (χ1v) is 22.3. The van der Waals surface area contributed by atoms with E-state index in [0.29, 0.717) is 25.2 Å². The van der Waals surface area contributed by atoms with Crippen molar-refractivity contribution in [2.75, 3.05) is 27.3 Å². The van der Waals surface area contributed by atoms with E-state index in [2.05, 4.69) is 5.16 Å². The summed E-state index contributed by atoms with van der Waals surface area (Å²) in [5, 5.41) is 52.8. The molecule has 0 spiro atoms. The zero-order chi connectivity index (χ0) is 44.4. The number of nitrogens with zero attached hydrogens (tertiary/aromatic N) is 2. The van der Waals surface area contributed by atoms with Crippen molar-refractivity contribution in [3.05, 3.63) is 30.3 Å². The molecule has 0 radical (unpaired) electrons. The second-order valence-electron chi connectivity index (χ2n) is 18.6. The first-order chi connectivity index (χ1) is 28.3. The van der Waals surface area contributed by atoms with Gasteiger partial charge in [0.15, 0.2) is 6.29 Å². The Hall–Kier alpha value is -2.85. The molecule has 4 rings (SSSR count). The Balaban J connectivity index is 1.75. The number of aliphatic hydroxyl groups excluding tert-OH is 2. The van der Waals surface area contributed by atoms with Crippen molar-refractivity contribution in [3.8, 4) is 5.75 Å². The Morgan fingerprint density at radius 1 is 0.967 bits per heavy atom. The molecule has 1 aromatic rings. The first-order valence-electron chi connectivity index (χ1n) is 22.3. The second kappa shape index (κ2) is 22.5. The molecule has 1 unspecified atom stereocenters. The van der Waals surface area contributed by atoms with Crippen LogP contribution in [0.25, 0.3) is 0 Å². The molecule has 1 aromatic carbocycles. The summed E-state index contributed by atoms with van der Waals surface area (Å²) in [4.78, 5) is 35.8. The Bertz CT molecular complexity index is 1500. The lowest BCUT2D eigenvalue weighted by atomic mass is 9.73. The van der Waals surface area contributed by atoms with Gasteiger partial charge < -0.3 is 53.8 Å². The highest BCUT2D eigenvalue weighted by molar-refractivity contribution is 5.88. The van der Waals surface area contributed by atoms with Crippen molar-refractivity contribution in [2.24, 2.45) is 34.7 Å². The van der Waals surface area contributed by atoms with Gasteiger partial charge in [-0.2, -0.15) is 0 Å². The lowest BCUT2D eigenvalue weighted by molar-refractivity contribution is -0.299. The number of para-hydroxylation sites is 1. The number of oxime groups is 1. The molecule has 3 aliphatic rings. The fourth-order valence-corrected chi connectivity index (χ4v) is 9.57. The van der Waals surface area contributed by atoms with Crippen LogP contribution in [0.15, 0.2) is 35.5 Å². The summed E-state index contributed by atoms with van der Waals surface area (Å²) in [5.74, 6) is -3.69. The normalized spacial score (nSPS) is 38.5. The molecule has 1 saturated carbocycles. The third-order valence-electron chi connectivity index (χ3n) is 13.1. The van der Waals surface area contributed by atoms with Crippen LogP contribution in [0.3, 0.4) is 0 Å². The van der Waals surface area contributed by atoms with Crippen LogP contribution >= 0.6 is 0 Å². The molecule has 2 saturated heterocycles. The number of rotatable bonds is 13. The number of hydrogen-bond donors (Lipinski definition) is 4. The number of likely N-dealkylation sites (N-methyl/N-ethyl adjacent to an activating group) is 1. The lowest BCUT2D eigenvalue weighted by Gasteiger charge is -2.47. The van der Waals surface area contributed by atoms with Crippen molar-refractivity contribution in [2.45, 2.75) is 180 Å². The highest BCUT2D eigenvalue weighted by atomic mass is 16.7. The number of carbonyl (C=O) groups excluding carboxylic acids is 2. The second-order valence-corrected chi connectivity index (χ2v) is 18.6. The SMILES string of the molecule is CC[C@@H]1OC(=O)[C@H](C)[C@@H](OC(=O)CC2CCCCC2)[C@H](C)[C@@H](O[C@@H]2O[C@H](C)C[C@H](N(C)C)[C@H]2O)C(C)(O)C[C@@H](C)/C(=N\OCCCOc2ccccc2)[C@@H](C)[C@@H](O)[C@]1(C)O. The zero-order valence-electron chi connectivity index (χ0n) is 37.8. The predicted octanol–water partition coefficient (Wildman–Crippen LogP) is 5.65. The third kappa shape index (κ3) is 13.1. The van der Waals surface area contributed by atoms with Crippen LogP contribution in [-0.4, -0.2) is 130 Å². The van der Waals surface area contributed by atoms with Gasteiger partial charge in [0.2, 0.25) is 0 Å². The van der Waals surface area contributed by atoms with E-state index in [4.69, 9.17) is 28.5 Å². The number of esters is 2. The van der Waals surface area contributed by atoms with E-state index in [1.807, 2.05) is 63.2 Å². The molecule has 0 aromatic heterocycles. The van der Waals surface area contributed by atoms with Crippen molar-refractivity contribution in [1.29, 1.82) is 0 Å². The molecule has 3 fully saturated rings. The number of cyclic esters (lactones) is 1. The maximum Gasteiger partial charge on any atom is 0.312 e. The molecular formula is C46H76N2O12. The van der Waals surface area contributed by atoms with E-state index < -0.39 is 83.6 Å². The van der Waals surface area contributed by atoms with Crippen LogP contribution in [0.2, 0.25) is 0 Å². The highest BCUT2D eigenvalue weighted by Gasteiger charge is 2.52. The number of hydrogen-bond acceptors (Lipinski definition) is 14. The minimum absolute atomic E-state index is 0.00519. The van der Waals surface area contributed by atoms with Crippen molar-refractivity contribution < 1.29 is 58.5 Å². The van der Waals surface area contributed by atoms with Gasteiger partial charge in [-0.15, -0.1) is 0 Å². The molecule has 0 bridgehead atoms. The monoisotopic (exact) mass is 849 g/mol. The molecule has 14 atom stereocenters. The predicted molar refractivity (Wildman–Crippen MR) is 227 cm³/mol. The third-order valence-corrected chi connectivity index (χ3v) is 13.1. The molecule has 14 nitrogen and oxygen atoms in total. The van der Waals surface area contributed by atoms with Gasteiger partial charge in [-0.3, -0.25) is 9.59 Å². The van der Waals surface area contributed by atoms with Crippen LogP contribution in [0.5, 0.6) is 5.75 Å². The fourth-order valence-electron chi connectivity index (χ4n) is 9.57. The van der Waals surface area contributed by atoms with Gasteiger partial charge in [-0.25, -0.2) is 0 Å². The summed E-state index contributed by atoms with van der Waals surface area (Å²) < 4.78 is 31.1. The average molecular weight is 849 g/mol. The summed E-state index contributed by atoms with van der Waals surface area (Å²) in [6.45, 7) is 14.1. The number of carbonyl (C=O) groups is 2. The molecule has 60 heavy (non-hydrogen) atoms. The van der Waals surface area contributed by atoms with Crippen LogP contribution < -0.4 is 4.74 Å². The Labute approximate surface area is 358 Å². The topological polar surface area (TPSA) is 186 Å². The van der Waals surface area contributed by atoms with Crippen LogP contribution in [0.1, 0.15) is 120 Å². The number of ether oxygens (including phenoxy) is 5. The molecule has 1 aliphatic carbocycles. The van der Waals surface area contributed by atoms with Crippen LogP contribution in [0.4, 0.5) is 0 Å². The van der Waals surface area contributed by atoms with Crippen molar-refractivity contribution >= 4 is 17.7 Å². The Kier molecular flexibility index (Phi) is 18.7. The lowest BCUT2D eigenvalue weighted by Crippen LogP contribution is -2.60. The molecule has 2 heterocycles. The summed E-state index contributed by atoms with van der Waals surface area (Å²) in [5.41, 5.74) is -3.34. The number of aliphatic hydroxyl groups is 4. The average Bonchev–Trinajstić information content (AvgIpc) is 3.20. The van der Waals surface area contributed by atoms with Gasteiger partial charge in [0.05, 0.1) is 42.1 Å². The Morgan fingerprint density at radius 3 is 2.27 bits per heavy atom. The number of benzene rings is 1. The smallest absolute Gasteiger partial charge is 0.312 e. The fraction of sp³-hybridized carbons (Fsp3) is 0.804. The quantitative estimate of drug-likeness (QED) is 0.109. The van der Waals surface area contributed by atoms with Gasteiger partial charge in [0.1, 0.15) is 36.3 Å². The van der Waals surface area contributed by atoms with Gasteiger partial charge in [-0.05, 0) is 91.9 Å². The standard InChI is InChI=1S/C46H76N2O12/c1-11-36-46(8,54)41(51)30(4)38(47-56-24-18-23-55-34-21-16-13-17-22-34)28(2)27-45(7,53)42(60-44-39(50)35(48(9)10)25-29(3)57-44)31(5)40(32(6)43(52)58-36)59-37(49)26-33-19-14-12-15-20-33/h13,16-17,21-22,28-33,35-36,39-42,44,50-51,53-54H,11-12,14-15,18-20,23-27H2,1-10H3/b47-38+/t28-,29-,30-,31+,32-,35+,36+,39-,40+,41-,42-,44+,45?,46-/m1/s1. The first kappa shape index (κ1) is 49.8. The maximum atomic E-state index is 14.2. The van der Waals surface area contributed by atoms with Gasteiger partial charge in [0.25, 0.3) is 0 Å². The Morgan fingerprint density at radius 2 is 1.63 bits per heavy atom. The van der Waals surface area contributed by atoms with Crippen molar-refractivity contribution in [1.82, 2.24) is 4.90 Å². The molecule has 342 valence electrons. The van der Waals surface area contributed by atoms with Crippen LogP contribution in [-0.2, 0) is 33.4 Å². The summed E-state index contributed by atoms with van der Waals surface area (Å²) in [6, 6.07) is 9.10. The maximum absolute atomic E-state index is 14.2. The molecule has 0 amide bonds. The van der Waals surface area contributed by atoms with Gasteiger partial charge >= 0.3 is 11.9 Å². The van der Waals surface area contributed by atoms with Gasteiger partial charge in [0, 0.05) is 36.6 Å². The summed E-state index contributed by atoms with van der Waals surface area (Å²) in [6.07, 6.45) is -1.13. The van der Waals surface area contributed by atoms with Gasteiger partial charge in [-0.1, -0.05) is 70.3 Å². The molecule has 14 heteroatoms.